The molecule has 0 aromatic heterocycles. The Balaban J connectivity index is 1.90. The second-order valence-corrected chi connectivity index (χ2v) is 4.54. The first-order chi connectivity index (χ1) is 7.28. The minimum Gasteiger partial charge on any atom is -0.490 e. The van der Waals surface area contributed by atoms with Gasteiger partial charge < -0.3 is 10.5 Å². The molecule has 1 aliphatic carbocycles. The molecule has 1 aromatic carbocycles. The fourth-order valence-electron chi connectivity index (χ4n) is 2.06. The normalized spacial score (nSPS) is 25.5. The van der Waals surface area contributed by atoms with Gasteiger partial charge in [-0.05, 0) is 56.0 Å². The molecule has 82 valence electrons. The predicted molar refractivity (Wildman–Crippen MR) is 62.3 cm³/mol. The van der Waals surface area contributed by atoms with E-state index in [1.165, 1.54) is 6.42 Å². The van der Waals surface area contributed by atoms with E-state index in [4.69, 9.17) is 22.1 Å². The van der Waals surface area contributed by atoms with Gasteiger partial charge in [-0.3, -0.25) is 0 Å². The number of halogens is 1. The van der Waals surface area contributed by atoms with Gasteiger partial charge in [-0.2, -0.15) is 0 Å². The monoisotopic (exact) mass is 225 g/mol. The first-order valence-electron chi connectivity index (χ1n) is 5.40. The lowest BCUT2D eigenvalue weighted by Crippen LogP contribution is -2.15. The fourth-order valence-corrected chi connectivity index (χ4v) is 2.18. The summed E-state index contributed by atoms with van der Waals surface area (Å²) in [7, 11) is 0. The highest BCUT2D eigenvalue weighted by molar-refractivity contribution is 6.30. The largest absolute Gasteiger partial charge is 0.490 e. The van der Waals surface area contributed by atoms with E-state index in [2.05, 4.69) is 0 Å². The van der Waals surface area contributed by atoms with Gasteiger partial charge in [0.15, 0.2) is 0 Å². The summed E-state index contributed by atoms with van der Waals surface area (Å²) in [6.45, 7) is 0.778. The molecule has 1 aliphatic rings. The molecule has 2 N–H and O–H groups in total. The highest BCUT2D eigenvalue weighted by Crippen LogP contribution is 2.28. The lowest BCUT2D eigenvalue weighted by Gasteiger charge is -2.13. The summed E-state index contributed by atoms with van der Waals surface area (Å²) >= 11 is 5.80. The summed E-state index contributed by atoms with van der Waals surface area (Å²) in [6.07, 6.45) is 3.72. The van der Waals surface area contributed by atoms with E-state index in [9.17, 15) is 0 Å². The zero-order valence-corrected chi connectivity index (χ0v) is 9.41. The molecule has 15 heavy (non-hydrogen) atoms. The number of hydrogen-bond donors (Lipinski definition) is 1. The summed E-state index contributed by atoms with van der Waals surface area (Å²) in [5.41, 5.74) is 5.64. The maximum Gasteiger partial charge on any atom is 0.119 e. The highest BCUT2D eigenvalue weighted by atomic mass is 35.5. The zero-order valence-electron chi connectivity index (χ0n) is 8.66. The molecule has 0 radical (unpaired) electrons. The maximum absolute atomic E-state index is 5.85. The van der Waals surface area contributed by atoms with Crippen LogP contribution in [0, 0.1) is 5.92 Å². The smallest absolute Gasteiger partial charge is 0.119 e. The van der Waals surface area contributed by atoms with Gasteiger partial charge in [0.2, 0.25) is 0 Å². The molecule has 0 heterocycles. The quantitative estimate of drug-likeness (QED) is 0.859. The van der Waals surface area contributed by atoms with Gasteiger partial charge in [0.05, 0.1) is 6.10 Å². The SMILES string of the molecule is NCC1CCC(Oc2ccc(Cl)cc2)C1. The second kappa shape index (κ2) is 4.86. The van der Waals surface area contributed by atoms with Gasteiger partial charge in [0, 0.05) is 5.02 Å². The van der Waals surface area contributed by atoms with Crippen molar-refractivity contribution in [3.05, 3.63) is 29.3 Å². The molecular weight excluding hydrogens is 210 g/mol. The van der Waals surface area contributed by atoms with Crippen molar-refractivity contribution in [3.8, 4) is 5.75 Å². The van der Waals surface area contributed by atoms with Crippen LogP contribution < -0.4 is 10.5 Å². The maximum atomic E-state index is 5.85. The molecule has 0 aliphatic heterocycles. The van der Waals surface area contributed by atoms with Gasteiger partial charge in [-0.25, -0.2) is 0 Å². The van der Waals surface area contributed by atoms with Crippen molar-refractivity contribution in [2.75, 3.05) is 6.54 Å². The standard InChI is InChI=1S/C12H16ClNO/c13-10-2-5-11(6-3-10)15-12-4-1-9(7-12)8-14/h2-3,5-6,9,12H,1,4,7-8,14H2. The van der Waals surface area contributed by atoms with Crippen LogP contribution in [-0.2, 0) is 0 Å². The van der Waals surface area contributed by atoms with Gasteiger partial charge in [0.25, 0.3) is 0 Å². The summed E-state index contributed by atoms with van der Waals surface area (Å²) in [5.74, 6) is 1.55. The molecule has 2 nitrogen and oxygen atoms in total. The van der Waals surface area contributed by atoms with Crippen LogP contribution in [-0.4, -0.2) is 12.6 Å². The van der Waals surface area contributed by atoms with Gasteiger partial charge in [0.1, 0.15) is 5.75 Å². The Morgan fingerprint density at radius 2 is 2.00 bits per heavy atom. The molecule has 1 aromatic rings. The fraction of sp³-hybridized carbons (Fsp3) is 0.500. The van der Waals surface area contributed by atoms with E-state index in [1.54, 1.807) is 0 Å². The van der Waals surface area contributed by atoms with Crippen molar-refractivity contribution >= 4 is 11.6 Å². The van der Waals surface area contributed by atoms with Crippen LogP contribution in [0.25, 0.3) is 0 Å². The zero-order chi connectivity index (χ0) is 10.7. The molecule has 1 saturated carbocycles. The van der Waals surface area contributed by atoms with Gasteiger partial charge in [-0.15, -0.1) is 0 Å². The molecule has 2 rings (SSSR count). The van der Waals surface area contributed by atoms with Gasteiger partial charge >= 0.3 is 0 Å². The topological polar surface area (TPSA) is 35.2 Å². The van der Waals surface area contributed by atoms with E-state index in [0.717, 1.165) is 30.2 Å². The van der Waals surface area contributed by atoms with E-state index in [0.29, 0.717) is 12.0 Å². The number of benzene rings is 1. The first-order valence-corrected chi connectivity index (χ1v) is 5.78. The average molecular weight is 226 g/mol. The van der Waals surface area contributed by atoms with Crippen molar-refractivity contribution in [3.63, 3.8) is 0 Å². The van der Waals surface area contributed by atoms with E-state index in [-0.39, 0.29) is 0 Å². The van der Waals surface area contributed by atoms with Crippen LogP contribution in [0.5, 0.6) is 5.75 Å². The number of nitrogens with two attached hydrogens (primary N) is 1. The van der Waals surface area contributed by atoms with E-state index >= 15 is 0 Å². The Labute approximate surface area is 95.4 Å². The summed E-state index contributed by atoms with van der Waals surface area (Å²) < 4.78 is 5.85. The Kier molecular flexibility index (Phi) is 3.49. The first kappa shape index (κ1) is 10.8. The van der Waals surface area contributed by atoms with Crippen molar-refractivity contribution in [1.29, 1.82) is 0 Å². The van der Waals surface area contributed by atoms with Crippen LogP contribution in [0.15, 0.2) is 24.3 Å². The molecular formula is C12H16ClNO. The third-order valence-corrected chi connectivity index (χ3v) is 3.19. The van der Waals surface area contributed by atoms with Crippen LogP contribution in [0.3, 0.4) is 0 Å². The minimum absolute atomic E-state index is 0.333. The molecule has 0 amide bonds. The molecule has 0 spiro atoms. The number of rotatable bonds is 3. The molecule has 2 atom stereocenters. The van der Waals surface area contributed by atoms with Crippen LogP contribution in [0.4, 0.5) is 0 Å². The molecule has 0 saturated heterocycles. The molecule has 1 fully saturated rings. The Morgan fingerprint density at radius 1 is 1.27 bits per heavy atom. The Hall–Kier alpha value is -0.730. The van der Waals surface area contributed by atoms with Crippen molar-refractivity contribution in [1.82, 2.24) is 0 Å². The van der Waals surface area contributed by atoms with Crippen LogP contribution >= 0.6 is 11.6 Å². The van der Waals surface area contributed by atoms with Crippen molar-refractivity contribution < 1.29 is 4.74 Å². The molecule has 0 bridgehead atoms. The van der Waals surface area contributed by atoms with Crippen LogP contribution in [0.1, 0.15) is 19.3 Å². The minimum atomic E-state index is 0.333. The van der Waals surface area contributed by atoms with Crippen molar-refractivity contribution in [2.45, 2.75) is 25.4 Å². The summed E-state index contributed by atoms with van der Waals surface area (Å²) in [6, 6.07) is 7.54. The lowest BCUT2D eigenvalue weighted by molar-refractivity contribution is 0.204. The van der Waals surface area contributed by atoms with Crippen LogP contribution in [0.2, 0.25) is 5.02 Å². The Bertz CT molecular complexity index is 312. The van der Waals surface area contributed by atoms with E-state index < -0.39 is 0 Å². The summed E-state index contributed by atoms with van der Waals surface area (Å²) in [5, 5.41) is 0.744. The van der Waals surface area contributed by atoms with Gasteiger partial charge in [-0.1, -0.05) is 11.6 Å². The number of hydrogen-bond acceptors (Lipinski definition) is 2. The highest BCUT2D eigenvalue weighted by Gasteiger charge is 2.24. The third-order valence-electron chi connectivity index (χ3n) is 2.94. The summed E-state index contributed by atoms with van der Waals surface area (Å²) in [4.78, 5) is 0. The van der Waals surface area contributed by atoms with Crippen molar-refractivity contribution in [2.24, 2.45) is 11.7 Å². The second-order valence-electron chi connectivity index (χ2n) is 4.11. The number of ether oxygens (including phenoxy) is 1. The molecule has 3 heteroatoms. The molecule has 2 unspecified atom stereocenters. The Morgan fingerprint density at radius 3 is 2.60 bits per heavy atom. The van der Waals surface area contributed by atoms with E-state index in [1.807, 2.05) is 24.3 Å². The lowest BCUT2D eigenvalue weighted by atomic mass is 10.1. The third kappa shape index (κ3) is 2.86. The predicted octanol–water partition coefficient (Wildman–Crippen LogP) is 2.85. The average Bonchev–Trinajstić information content (AvgIpc) is 2.69.